The molecule has 0 aliphatic heterocycles. The quantitative estimate of drug-likeness (QED) is 0.762. The van der Waals surface area contributed by atoms with Crippen LogP contribution in [0.3, 0.4) is 0 Å². The lowest BCUT2D eigenvalue weighted by Gasteiger charge is -2.05. The van der Waals surface area contributed by atoms with Crippen molar-refractivity contribution in [2.24, 2.45) is 0 Å². The minimum atomic E-state index is 0.190. The van der Waals surface area contributed by atoms with E-state index in [0.717, 1.165) is 5.39 Å². The van der Waals surface area contributed by atoms with E-state index in [1.54, 1.807) is 13.1 Å². The van der Waals surface area contributed by atoms with Crippen molar-refractivity contribution in [1.29, 1.82) is 0 Å². The Morgan fingerprint density at radius 2 is 2.00 bits per heavy atom. The van der Waals surface area contributed by atoms with Crippen LogP contribution < -0.4 is 5.32 Å². The molecule has 1 heterocycles. The molecule has 0 aliphatic rings. The zero-order chi connectivity index (χ0) is 10.1. The molecule has 14 heavy (non-hydrogen) atoms. The normalized spacial score (nSPS) is 10.5. The van der Waals surface area contributed by atoms with Crippen LogP contribution in [-0.2, 0) is 0 Å². The third-order valence-corrected chi connectivity index (χ3v) is 2.36. The highest BCUT2D eigenvalue weighted by atomic mass is 35.5. The predicted molar refractivity (Wildman–Crippen MR) is 59.1 cm³/mol. The number of rotatable bonds is 1. The van der Waals surface area contributed by atoms with Crippen LogP contribution in [0.5, 0.6) is 0 Å². The number of hydrogen-bond acceptors (Lipinski definition) is 3. The van der Waals surface area contributed by atoms with Crippen LogP contribution in [0.25, 0.3) is 10.9 Å². The summed E-state index contributed by atoms with van der Waals surface area (Å²) in [6.45, 7) is 0. The van der Waals surface area contributed by atoms with E-state index in [4.69, 9.17) is 23.2 Å². The van der Waals surface area contributed by atoms with E-state index in [0.29, 0.717) is 16.4 Å². The molecule has 0 saturated heterocycles. The van der Waals surface area contributed by atoms with Crippen molar-refractivity contribution in [2.75, 3.05) is 12.4 Å². The van der Waals surface area contributed by atoms with Gasteiger partial charge in [0.05, 0.1) is 10.5 Å². The highest BCUT2D eigenvalue weighted by Gasteiger charge is 2.07. The van der Waals surface area contributed by atoms with Crippen molar-refractivity contribution in [3.8, 4) is 0 Å². The van der Waals surface area contributed by atoms with Crippen molar-refractivity contribution in [1.82, 2.24) is 9.97 Å². The van der Waals surface area contributed by atoms with Crippen LogP contribution in [0.2, 0.25) is 10.3 Å². The minimum absolute atomic E-state index is 0.190. The number of hydrogen-bond donors (Lipinski definition) is 1. The van der Waals surface area contributed by atoms with Gasteiger partial charge in [0.25, 0.3) is 0 Å². The van der Waals surface area contributed by atoms with E-state index < -0.39 is 0 Å². The molecule has 72 valence electrons. The smallest absolute Gasteiger partial charge is 0.224 e. The van der Waals surface area contributed by atoms with Gasteiger partial charge in [-0.1, -0.05) is 17.7 Å². The average Bonchev–Trinajstić information content (AvgIpc) is 2.18. The van der Waals surface area contributed by atoms with E-state index in [9.17, 15) is 0 Å². The van der Waals surface area contributed by atoms with E-state index in [1.165, 1.54) is 0 Å². The molecule has 0 spiro atoms. The Kier molecular flexibility index (Phi) is 2.44. The summed E-state index contributed by atoms with van der Waals surface area (Å²) in [5.41, 5.74) is 0.665. The first-order chi connectivity index (χ1) is 6.72. The van der Waals surface area contributed by atoms with Crippen LogP contribution in [-0.4, -0.2) is 17.0 Å². The second-order valence-corrected chi connectivity index (χ2v) is 3.47. The summed E-state index contributed by atoms with van der Waals surface area (Å²) in [5, 5.41) is 4.57. The molecule has 3 nitrogen and oxygen atoms in total. The lowest BCUT2D eigenvalue weighted by molar-refractivity contribution is 1.21. The molecule has 1 N–H and O–H groups in total. The van der Waals surface area contributed by atoms with Crippen molar-refractivity contribution in [3.05, 3.63) is 28.5 Å². The molecule has 1 aromatic heterocycles. The Bertz CT molecular complexity index is 485. The Hall–Kier alpha value is -1.06. The van der Waals surface area contributed by atoms with Crippen LogP contribution in [0, 0.1) is 0 Å². The maximum atomic E-state index is 5.98. The summed E-state index contributed by atoms with van der Waals surface area (Å²) in [4.78, 5) is 8.11. The fourth-order valence-electron chi connectivity index (χ4n) is 1.28. The van der Waals surface area contributed by atoms with E-state index in [2.05, 4.69) is 15.3 Å². The van der Waals surface area contributed by atoms with Crippen LogP contribution in [0.15, 0.2) is 18.2 Å². The van der Waals surface area contributed by atoms with Gasteiger partial charge in [0.15, 0.2) is 0 Å². The maximum absolute atomic E-state index is 5.98. The van der Waals surface area contributed by atoms with Gasteiger partial charge in [-0.3, -0.25) is 0 Å². The van der Waals surface area contributed by atoms with Crippen LogP contribution >= 0.6 is 23.2 Å². The number of nitrogens with one attached hydrogen (secondary N) is 1. The number of aromatic nitrogens is 2. The van der Waals surface area contributed by atoms with Gasteiger partial charge in [-0.15, -0.1) is 0 Å². The Morgan fingerprint density at radius 3 is 2.71 bits per heavy atom. The second-order valence-electron chi connectivity index (χ2n) is 2.73. The first-order valence-corrected chi connectivity index (χ1v) is 4.77. The molecular weight excluding hydrogens is 221 g/mol. The molecule has 0 fully saturated rings. The third kappa shape index (κ3) is 1.49. The van der Waals surface area contributed by atoms with Gasteiger partial charge in [-0.05, 0) is 23.7 Å². The molecule has 0 bridgehead atoms. The van der Waals surface area contributed by atoms with Gasteiger partial charge in [0.2, 0.25) is 5.28 Å². The van der Waals surface area contributed by atoms with Crippen molar-refractivity contribution < 1.29 is 0 Å². The van der Waals surface area contributed by atoms with Gasteiger partial charge >= 0.3 is 0 Å². The van der Waals surface area contributed by atoms with E-state index >= 15 is 0 Å². The van der Waals surface area contributed by atoms with E-state index in [-0.39, 0.29) is 5.28 Å². The van der Waals surface area contributed by atoms with Crippen LogP contribution in [0.1, 0.15) is 0 Å². The molecule has 0 radical (unpaired) electrons. The maximum Gasteiger partial charge on any atom is 0.224 e. The highest BCUT2D eigenvalue weighted by molar-refractivity contribution is 6.36. The number of fused-ring (bicyclic) bond motifs is 1. The summed E-state index contributed by atoms with van der Waals surface area (Å²) in [7, 11) is 1.78. The predicted octanol–water partition coefficient (Wildman–Crippen LogP) is 2.98. The second kappa shape index (κ2) is 3.59. The third-order valence-electron chi connectivity index (χ3n) is 1.89. The molecule has 0 saturated carbocycles. The number of benzene rings is 1. The molecule has 0 amide bonds. The summed E-state index contributed by atoms with van der Waals surface area (Å²) in [6, 6.07) is 5.51. The summed E-state index contributed by atoms with van der Waals surface area (Å²) >= 11 is 11.7. The van der Waals surface area contributed by atoms with Crippen molar-refractivity contribution in [3.63, 3.8) is 0 Å². The molecule has 0 unspecified atom stereocenters. The fraction of sp³-hybridized carbons (Fsp3) is 0.111. The number of anilines is 1. The fourth-order valence-corrected chi connectivity index (χ4v) is 1.67. The molecule has 0 aliphatic carbocycles. The van der Waals surface area contributed by atoms with Gasteiger partial charge in [-0.2, -0.15) is 0 Å². The average molecular weight is 228 g/mol. The summed E-state index contributed by atoms with van der Waals surface area (Å²) in [5.74, 6) is 0.683. The monoisotopic (exact) mass is 227 g/mol. The Morgan fingerprint density at radius 1 is 1.21 bits per heavy atom. The Balaban J connectivity index is 2.87. The molecular formula is C9H7Cl2N3. The first-order valence-electron chi connectivity index (χ1n) is 4.02. The van der Waals surface area contributed by atoms with Gasteiger partial charge < -0.3 is 5.32 Å². The molecule has 5 heteroatoms. The Labute approximate surface area is 91.1 Å². The van der Waals surface area contributed by atoms with Crippen molar-refractivity contribution in [2.45, 2.75) is 0 Å². The number of para-hydroxylation sites is 1. The SMILES string of the molecule is CNc1nc(Cl)nc2c(Cl)cccc12. The molecule has 1 aromatic carbocycles. The van der Waals surface area contributed by atoms with Gasteiger partial charge in [0, 0.05) is 12.4 Å². The number of nitrogens with zero attached hydrogens (tertiary/aromatic N) is 2. The largest absolute Gasteiger partial charge is 0.372 e. The van der Waals surface area contributed by atoms with Crippen LogP contribution in [0.4, 0.5) is 5.82 Å². The van der Waals surface area contributed by atoms with Crippen molar-refractivity contribution >= 4 is 39.9 Å². The topological polar surface area (TPSA) is 37.8 Å². The molecule has 2 rings (SSSR count). The van der Waals surface area contributed by atoms with Gasteiger partial charge in [0.1, 0.15) is 5.82 Å². The zero-order valence-electron chi connectivity index (χ0n) is 7.38. The first kappa shape index (κ1) is 9.49. The van der Waals surface area contributed by atoms with E-state index in [1.807, 2.05) is 12.1 Å². The van der Waals surface area contributed by atoms with Gasteiger partial charge in [-0.25, -0.2) is 9.97 Å². The molecule has 2 aromatic rings. The lowest BCUT2D eigenvalue weighted by Crippen LogP contribution is -1.96. The standard InChI is InChI=1S/C9H7Cl2N3/c1-12-8-5-3-2-4-6(10)7(5)13-9(11)14-8/h2-4H,1H3,(H,12,13,14). The highest BCUT2D eigenvalue weighted by Crippen LogP contribution is 2.27. The lowest BCUT2D eigenvalue weighted by atomic mass is 10.2. The molecule has 0 atom stereocenters. The summed E-state index contributed by atoms with van der Waals surface area (Å²) < 4.78 is 0. The number of halogens is 2. The minimum Gasteiger partial charge on any atom is -0.372 e. The zero-order valence-corrected chi connectivity index (χ0v) is 8.89. The summed E-state index contributed by atoms with van der Waals surface area (Å²) in [6.07, 6.45) is 0.